The van der Waals surface area contributed by atoms with Gasteiger partial charge in [0.15, 0.2) is 5.78 Å². The van der Waals surface area contributed by atoms with E-state index < -0.39 is 44.6 Å². The maximum Gasteiger partial charge on any atom is 0.228 e. The van der Waals surface area contributed by atoms with Crippen molar-refractivity contribution in [3.63, 3.8) is 0 Å². The number of ketones is 1. The number of methoxy groups -OCH3 is 1. The number of anilines is 1. The third-order valence-corrected chi connectivity index (χ3v) is 7.98. The number of nitrogen functional groups attached to an aromatic ring is 1. The van der Waals surface area contributed by atoms with Crippen LogP contribution in [0.4, 0.5) is 10.1 Å². The van der Waals surface area contributed by atoms with Crippen molar-refractivity contribution in [3.05, 3.63) is 53.8 Å². The zero-order chi connectivity index (χ0) is 21.0. The highest BCUT2D eigenvalue weighted by molar-refractivity contribution is 7.93. The molecule has 2 aliphatic rings. The monoisotopic (exact) mass is 418 g/mol. The molecule has 2 aliphatic heterocycles. The first-order valence-corrected chi connectivity index (χ1v) is 10.5. The quantitative estimate of drug-likeness (QED) is 0.583. The average molecular weight is 418 g/mol. The number of carbonyl (C=O) groups excluding carboxylic acids is 2. The van der Waals surface area contributed by atoms with Crippen molar-refractivity contribution in [3.8, 4) is 5.75 Å². The number of rotatable bonds is 5. The molecule has 0 aromatic heterocycles. The number of ether oxygens (including phenoxy) is 1. The molecular formula is C20H19FN2O5S. The lowest BCUT2D eigenvalue weighted by Gasteiger charge is -2.44. The summed E-state index contributed by atoms with van der Waals surface area (Å²) >= 11 is 0. The van der Waals surface area contributed by atoms with E-state index in [-0.39, 0.29) is 17.9 Å². The number of Topliss-reactive ketones (excluding diaryl/α,β-unsaturated/α-hetero) is 1. The van der Waals surface area contributed by atoms with Gasteiger partial charge in [-0.3, -0.25) is 9.59 Å². The summed E-state index contributed by atoms with van der Waals surface area (Å²) in [6, 6.07) is 9.47. The highest BCUT2D eigenvalue weighted by atomic mass is 32.2. The molecular weight excluding hydrogens is 399 g/mol. The van der Waals surface area contributed by atoms with E-state index in [1.54, 1.807) is 0 Å². The van der Waals surface area contributed by atoms with E-state index in [0.29, 0.717) is 17.0 Å². The van der Waals surface area contributed by atoms with Crippen LogP contribution in [-0.2, 0) is 25.8 Å². The molecule has 152 valence electrons. The Morgan fingerprint density at radius 1 is 1.21 bits per heavy atom. The number of halogens is 1. The first-order valence-electron chi connectivity index (χ1n) is 8.98. The summed E-state index contributed by atoms with van der Waals surface area (Å²) in [5.41, 5.74) is 6.46. The molecule has 2 unspecified atom stereocenters. The summed E-state index contributed by atoms with van der Waals surface area (Å²) in [4.78, 5) is 24.6. The number of nitrogens with zero attached hydrogens (tertiary/aromatic N) is 1. The van der Waals surface area contributed by atoms with Gasteiger partial charge in [-0.25, -0.2) is 12.8 Å². The highest BCUT2D eigenvalue weighted by Crippen LogP contribution is 2.48. The Bertz CT molecular complexity index is 1120. The molecule has 0 aliphatic carbocycles. The van der Waals surface area contributed by atoms with Crippen molar-refractivity contribution in [2.45, 2.75) is 22.6 Å². The maximum absolute atomic E-state index is 13.7. The average Bonchev–Trinajstić information content (AvgIpc) is 2.90. The number of sulfone groups is 1. The van der Waals surface area contributed by atoms with Crippen LogP contribution >= 0.6 is 0 Å². The van der Waals surface area contributed by atoms with Crippen LogP contribution in [-0.4, -0.2) is 43.5 Å². The molecule has 0 radical (unpaired) electrons. The molecule has 2 atom stereocenters. The Morgan fingerprint density at radius 2 is 1.90 bits per heavy atom. The van der Waals surface area contributed by atoms with Gasteiger partial charge in [-0.05, 0) is 54.4 Å². The lowest BCUT2D eigenvalue weighted by molar-refractivity contribution is -0.150. The Kier molecular flexibility index (Phi) is 4.38. The minimum absolute atomic E-state index is 0.0362. The number of β-lactam (4-membered cyclic amide) rings is 1. The predicted molar refractivity (Wildman–Crippen MR) is 102 cm³/mol. The maximum atomic E-state index is 13.7. The Labute approximate surface area is 167 Å². The van der Waals surface area contributed by atoms with Gasteiger partial charge in [-0.2, -0.15) is 0 Å². The van der Waals surface area contributed by atoms with Gasteiger partial charge in [0.05, 0.1) is 18.4 Å². The number of benzene rings is 2. The van der Waals surface area contributed by atoms with E-state index in [0.717, 1.165) is 4.90 Å². The van der Waals surface area contributed by atoms with Gasteiger partial charge in [0, 0.05) is 18.2 Å². The van der Waals surface area contributed by atoms with Gasteiger partial charge in [0.2, 0.25) is 20.6 Å². The summed E-state index contributed by atoms with van der Waals surface area (Å²) in [6.45, 7) is -0.0362. The van der Waals surface area contributed by atoms with Crippen LogP contribution in [0.5, 0.6) is 5.75 Å². The molecule has 29 heavy (non-hydrogen) atoms. The van der Waals surface area contributed by atoms with Gasteiger partial charge in [-0.1, -0.05) is 0 Å². The lowest BCUT2D eigenvalue weighted by atomic mass is 9.92. The minimum Gasteiger partial charge on any atom is -0.496 e. The molecule has 2 aromatic rings. The normalized spacial score (nSPS) is 23.7. The molecule has 0 spiro atoms. The topological polar surface area (TPSA) is 107 Å². The second-order valence-electron chi connectivity index (χ2n) is 7.26. The van der Waals surface area contributed by atoms with Gasteiger partial charge >= 0.3 is 0 Å². The van der Waals surface area contributed by atoms with E-state index >= 15 is 0 Å². The first kappa shape index (κ1) is 19.4. The number of hydrogen-bond donors (Lipinski definition) is 1. The molecule has 2 heterocycles. The fraction of sp³-hybridized carbons (Fsp3) is 0.300. The van der Waals surface area contributed by atoms with Crippen LogP contribution in [0.25, 0.3) is 0 Å². The first-order chi connectivity index (χ1) is 13.7. The summed E-state index contributed by atoms with van der Waals surface area (Å²) in [7, 11) is -2.73. The molecule has 2 saturated heterocycles. The van der Waals surface area contributed by atoms with Crippen LogP contribution < -0.4 is 10.5 Å². The Hall–Kier alpha value is -2.94. The molecule has 7 nitrogen and oxygen atoms in total. The van der Waals surface area contributed by atoms with Gasteiger partial charge in [-0.15, -0.1) is 0 Å². The molecule has 2 N–H and O–H groups in total. The number of nitrogens with two attached hydrogens (primary N) is 1. The zero-order valence-corrected chi connectivity index (χ0v) is 16.4. The van der Waals surface area contributed by atoms with E-state index in [2.05, 4.69) is 0 Å². The van der Waals surface area contributed by atoms with Crippen molar-refractivity contribution in [1.82, 2.24) is 4.90 Å². The zero-order valence-electron chi connectivity index (χ0n) is 15.6. The van der Waals surface area contributed by atoms with Crippen molar-refractivity contribution >= 4 is 27.2 Å². The number of amides is 1. The standard InChI is InChI=1S/C20H19FN2O5S/c1-28-17-7-2-14(21)9-12(17)8-13-11-23-18(24)10-20(23,19(13)25)29(26,27)16-5-3-15(22)4-6-16/h2-7,9,13H,8,10-11,22H2,1H3. The van der Waals surface area contributed by atoms with Crippen molar-refractivity contribution in [2.24, 2.45) is 5.92 Å². The van der Waals surface area contributed by atoms with E-state index in [1.165, 1.54) is 49.6 Å². The lowest BCUT2D eigenvalue weighted by Crippen LogP contribution is -2.67. The molecule has 9 heteroatoms. The molecule has 2 aromatic carbocycles. The molecule has 2 fully saturated rings. The van der Waals surface area contributed by atoms with Gasteiger partial charge < -0.3 is 15.4 Å². The largest absolute Gasteiger partial charge is 0.496 e. The van der Waals surface area contributed by atoms with Crippen LogP contribution in [0.3, 0.4) is 0 Å². The van der Waals surface area contributed by atoms with E-state index in [1.807, 2.05) is 0 Å². The van der Waals surface area contributed by atoms with E-state index in [4.69, 9.17) is 10.5 Å². The van der Waals surface area contributed by atoms with E-state index in [9.17, 15) is 22.4 Å². The Balaban J connectivity index is 1.71. The van der Waals surface area contributed by atoms with Crippen LogP contribution in [0, 0.1) is 11.7 Å². The molecule has 0 bridgehead atoms. The SMILES string of the molecule is COc1ccc(F)cc1CC1CN2C(=O)CC2(S(=O)(=O)c2ccc(N)cc2)C1=O. The van der Waals surface area contributed by atoms with Gasteiger partial charge in [0.25, 0.3) is 0 Å². The molecule has 0 saturated carbocycles. The highest BCUT2D eigenvalue weighted by Gasteiger charge is 2.70. The summed E-state index contributed by atoms with van der Waals surface area (Å²) in [5.74, 6) is -1.82. The fourth-order valence-electron chi connectivity index (χ4n) is 4.14. The van der Waals surface area contributed by atoms with Crippen molar-refractivity contribution in [2.75, 3.05) is 19.4 Å². The fourth-order valence-corrected chi connectivity index (χ4v) is 6.24. The number of hydrogen-bond acceptors (Lipinski definition) is 6. The van der Waals surface area contributed by atoms with Crippen molar-refractivity contribution < 1.29 is 27.1 Å². The second kappa shape index (κ2) is 6.55. The molecule has 1 amide bonds. The smallest absolute Gasteiger partial charge is 0.228 e. The summed E-state index contributed by atoms with van der Waals surface area (Å²) in [6.07, 6.45) is -0.322. The minimum atomic E-state index is -4.15. The van der Waals surface area contributed by atoms with Crippen LogP contribution in [0.1, 0.15) is 12.0 Å². The third-order valence-electron chi connectivity index (χ3n) is 5.63. The summed E-state index contributed by atoms with van der Waals surface area (Å²) < 4.78 is 45.6. The molecule has 4 rings (SSSR count). The van der Waals surface area contributed by atoms with Crippen LogP contribution in [0.2, 0.25) is 0 Å². The van der Waals surface area contributed by atoms with Crippen molar-refractivity contribution in [1.29, 1.82) is 0 Å². The number of fused-ring (bicyclic) bond motifs is 1. The number of carbonyl (C=O) groups is 2. The second-order valence-corrected chi connectivity index (χ2v) is 9.41. The Morgan fingerprint density at radius 3 is 2.52 bits per heavy atom. The van der Waals surface area contributed by atoms with Gasteiger partial charge in [0.1, 0.15) is 11.6 Å². The van der Waals surface area contributed by atoms with Crippen LogP contribution in [0.15, 0.2) is 47.4 Å². The third kappa shape index (κ3) is 2.71. The summed E-state index contributed by atoms with van der Waals surface area (Å²) in [5, 5.41) is 0. The predicted octanol–water partition coefficient (Wildman–Crippen LogP) is 1.56.